The number of carbonyl (C=O) groups is 3. The predicted molar refractivity (Wildman–Crippen MR) is 106 cm³/mol. The lowest BCUT2D eigenvalue weighted by Crippen LogP contribution is -2.50. The molecular formula is C22H30N2O5. The number of ketones is 1. The molecule has 3 atom stereocenters. The quantitative estimate of drug-likeness (QED) is 0.739. The third-order valence-corrected chi connectivity index (χ3v) is 7.11. The summed E-state index contributed by atoms with van der Waals surface area (Å²) in [7, 11) is 1.61. The molecule has 0 spiro atoms. The molecule has 1 aliphatic carbocycles. The summed E-state index contributed by atoms with van der Waals surface area (Å²) in [5.74, 6) is 1.03. The largest absolute Gasteiger partial charge is 0.465 e. The van der Waals surface area contributed by atoms with Gasteiger partial charge in [-0.1, -0.05) is 6.92 Å². The second kappa shape index (κ2) is 7.59. The van der Waals surface area contributed by atoms with Gasteiger partial charge >= 0.3 is 0 Å². The summed E-state index contributed by atoms with van der Waals surface area (Å²) >= 11 is 0. The van der Waals surface area contributed by atoms with E-state index in [1.807, 2.05) is 11.8 Å². The number of hydrogen-bond acceptors (Lipinski definition) is 5. The van der Waals surface area contributed by atoms with Crippen LogP contribution in [0.3, 0.4) is 0 Å². The average molecular weight is 402 g/mol. The van der Waals surface area contributed by atoms with Gasteiger partial charge in [0.15, 0.2) is 5.78 Å². The number of amides is 2. The highest BCUT2D eigenvalue weighted by molar-refractivity contribution is 6.10. The maximum Gasteiger partial charge on any atom is 0.258 e. The minimum Gasteiger partial charge on any atom is -0.465 e. The Labute approximate surface area is 171 Å². The van der Waals surface area contributed by atoms with Gasteiger partial charge in [0.2, 0.25) is 5.91 Å². The highest BCUT2D eigenvalue weighted by Gasteiger charge is 2.60. The van der Waals surface area contributed by atoms with Crippen molar-refractivity contribution in [3.05, 3.63) is 22.6 Å². The lowest BCUT2D eigenvalue weighted by atomic mass is 9.71. The summed E-state index contributed by atoms with van der Waals surface area (Å²) in [6, 6.07) is -0.111. The van der Waals surface area contributed by atoms with Crippen molar-refractivity contribution in [2.24, 2.45) is 5.41 Å². The minimum atomic E-state index is -0.575. The van der Waals surface area contributed by atoms with E-state index >= 15 is 0 Å². The zero-order chi connectivity index (χ0) is 20.8. The Bertz CT molecular complexity index is 845. The smallest absolute Gasteiger partial charge is 0.258 e. The fraction of sp³-hybridized carbons (Fsp3) is 0.682. The number of nitrogens with zero attached hydrogens (tertiary/aromatic N) is 1. The molecule has 0 radical (unpaired) electrons. The molecule has 2 amide bonds. The van der Waals surface area contributed by atoms with Gasteiger partial charge in [0.1, 0.15) is 11.5 Å². The molecule has 0 aromatic carbocycles. The molecule has 2 fully saturated rings. The van der Waals surface area contributed by atoms with Gasteiger partial charge in [0.05, 0.1) is 23.1 Å². The molecule has 4 rings (SSSR count). The van der Waals surface area contributed by atoms with Gasteiger partial charge in [-0.2, -0.15) is 0 Å². The molecule has 0 unspecified atom stereocenters. The third-order valence-electron chi connectivity index (χ3n) is 7.11. The van der Waals surface area contributed by atoms with Crippen molar-refractivity contribution in [2.45, 2.75) is 70.9 Å². The van der Waals surface area contributed by atoms with Crippen molar-refractivity contribution in [3.63, 3.8) is 0 Å². The molecule has 29 heavy (non-hydrogen) atoms. The van der Waals surface area contributed by atoms with Gasteiger partial charge in [0.25, 0.3) is 5.91 Å². The number of nitrogens with one attached hydrogen (secondary N) is 1. The fourth-order valence-corrected chi connectivity index (χ4v) is 5.71. The number of rotatable bonds is 6. The lowest BCUT2D eigenvalue weighted by molar-refractivity contribution is -0.133. The number of hydrogen-bond donors (Lipinski definition) is 1. The molecule has 158 valence electrons. The number of ether oxygens (including phenoxy) is 1. The van der Waals surface area contributed by atoms with Crippen LogP contribution in [0.15, 0.2) is 4.42 Å². The topological polar surface area (TPSA) is 88.8 Å². The number of carbonyl (C=O) groups excluding carboxylic acids is 3. The van der Waals surface area contributed by atoms with Crippen LogP contribution in [0.4, 0.5) is 0 Å². The summed E-state index contributed by atoms with van der Waals surface area (Å²) in [5.41, 5.74) is 0.332. The zero-order valence-electron chi connectivity index (χ0n) is 17.5. The van der Waals surface area contributed by atoms with Crippen molar-refractivity contribution in [3.8, 4) is 0 Å². The Hall–Kier alpha value is -2.15. The number of methoxy groups -OCH3 is 1. The fourth-order valence-electron chi connectivity index (χ4n) is 5.71. The third kappa shape index (κ3) is 3.01. The molecule has 7 nitrogen and oxygen atoms in total. The molecule has 3 heterocycles. The molecule has 1 aromatic heterocycles. The second-order valence-corrected chi connectivity index (χ2v) is 8.53. The summed E-state index contributed by atoms with van der Waals surface area (Å²) in [6.07, 6.45) is 4.99. The van der Waals surface area contributed by atoms with Gasteiger partial charge in [-0.25, -0.2) is 0 Å². The second-order valence-electron chi connectivity index (χ2n) is 8.53. The Morgan fingerprint density at radius 1 is 1.31 bits per heavy atom. The van der Waals surface area contributed by atoms with Crippen LogP contribution in [0.5, 0.6) is 0 Å². The first-order chi connectivity index (χ1) is 13.9. The molecule has 2 aliphatic heterocycles. The van der Waals surface area contributed by atoms with E-state index in [0.717, 1.165) is 19.3 Å². The first-order valence-electron chi connectivity index (χ1n) is 10.7. The molecule has 1 aromatic rings. The summed E-state index contributed by atoms with van der Waals surface area (Å²) < 4.78 is 10.9. The van der Waals surface area contributed by atoms with Crippen LogP contribution in [0, 0.1) is 12.3 Å². The molecule has 7 heteroatoms. The zero-order valence-corrected chi connectivity index (χ0v) is 17.5. The van der Waals surface area contributed by atoms with Crippen LogP contribution in [-0.4, -0.2) is 54.8 Å². The van der Waals surface area contributed by atoms with Crippen molar-refractivity contribution in [2.75, 3.05) is 20.3 Å². The van der Waals surface area contributed by atoms with Gasteiger partial charge in [0, 0.05) is 38.6 Å². The first kappa shape index (κ1) is 20.1. The van der Waals surface area contributed by atoms with Gasteiger partial charge in [-0.3, -0.25) is 14.4 Å². The van der Waals surface area contributed by atoms with Gasteiger partial charge in [-0.05, 0) is 39.0 Å². The number of furan rings is 1. The van der Waals surface area contributed by atoms with Crippen LogP contribution in [-0.2, 0) is 16.0 Å². The monoisotopic (exact) mass is 402 g/mol. The average Bonchev–Trinajstić information content (AvgIpc) is 3.37. The Morgan fingerprint density at radius 2 is 2.10 bits per heavy atom. The van der Waals surface area contributed by atoms with E-state index in [2.05, 4.69) is 5.32 Å². The number of fused-ring (bicyclic) bond motifs is 3. The van der Waals surface area contributed by atoms with E-state index in [9.17, 15) is 14.4 Å². The standard InChI is InChI=1S/C22H30N2O5/c1-4-22(21(27)23-10-11-28-3)12-14-8-9-17(22)24(14)20(26)18-13(2)29-16-7-5-6-15(25)19(16)18/h14,17H,4-12H2,1-3H3,(H,23,27)/t14-,17+,22+/m1/s1. The summed E-state index contributed by atoms with van der Waals surface area (Å²) in [5, 5.41) is 2.99. The van der Waals surface area contributed by atoms with E-state index in [-0.39, 0.29) is 29.7 Å². The van der Waals surface area contributed by atoms with Crippen molar-refractivity contribution in [1.29, 1.82) is 0 Å². The van der Waals surface area contributed by atoms with Crippen LogP contribution < -0.4 is 5.32 Å². The normalized spacial score (nSPS) is 28.0. The first-order valence-corrected chi connectivity index (χ1v) is 10.7. The van der Waals surface area contributed by atoms with Crippen LogP contribution >= 0.6 is 0 Å². The Balaban J connectivity index is 1.64. The Morgan fingerprint density at radius 3 is 2.83 bits per heavy atom. The van der Waals surface area contributed by atoms with Crippen LogP contribution in [0.2, 0.25) is 0 Å². The van der Waals surface area contributed by atoms with Gasteiger partial charge in [-0.15, -0.1) is 0 Å². The molecular weight excluding hydrogens is 372 g/mol. The van der Waals surface area contributed by atoms with Crippen molar-refractivity contribution < 1.29 is 23.5 Å². The number of aryl methyl sites for hydroxylation is 2. The molecule has 2 saturated heterocycles. The maximum atomic E-state index is 13.7. The highest BCUT2D eigenvalue weighted by atomic mass is 16.5. The summed E-state index contributed by atoms with van der Waals surface area (Å²) in [6.45, 7) is 4.71. The van der Waals surface area contributed by atoms with Gasteiger partial charge < -0.3 is 19.4 Å². The van der Waals surface area contributed by atoms with E-state index in [4.69, 9.17) is 9.15 Å². The molecule has 1 N–H and O–H groups in total. The minimum absolute atomic E-state index is 0.00272. The molecule has 2 bridgehead atoms. The van der Waals surface area contributed by atoms with E-state index in [1.165, 1.54) is 0 Å². The lowest BCUT2D eigenvalue weighted by Gasteiger charge is -2.35. The highest BCUT2D eigenvalue weighted by Crippen LogP contribution is 2.52. The van der Waals surface area contributed by atoms with Crippen molar-refractivity contribution >= 4 is 17.6 Å². The van der Waals surface area contributed by atoms with E-state index in [0.29, 0.717) is 61.5 Å². The molecule has 0 saturated carbocycles. The van der Waals surface area contributed by atoms with Crippen molar-refractivity contribution in [1.82, 2.24) is 10.2 Å². The maximum absolute atomic E-state index is 13.7. The predicted octanol–water partition coefficient (Wildman–Crippen LogP) is 2.64. The summed E-state index contributed by atoms with van der Waals surface area (Å²) in [4.78, 5) is 41.2. The van der Waals surface area contributed by atoms with E-state index in [1.54, 1.807) is 14.0 Å². The van der Waals surface area contributed by atoms with E-state index < -0.39 is 5.41 Å². The molecule has 3 aliphatic rings. The Kier molecular flexibility index (Phi) is 5.27. The SMILES string of the molecule is CC[C@]1(C(=O)NCCOC)C[C@H]2CC[C@@H]1N2C(=O)c1c(C)oc2c1C(=O)CCC2. The number of Topliss-reactive ketones (excluding diaryl/α,β-unsaturated/α-hetero) is 1. The van der Waals surface area contributed by atoms with Crippen LogP contribution in [0.25, 0.3) is 0 Å². The van der Waals surface area contributed by atoms with Crippen LogP contribution in [0.1, 0.15) is 77.7 Å².